The van der Waals surface area contributed by atoms with Crippen molar-refractivity contribution in [3.8, 4) is 0 Å². The lowest BCUT2D eigenvalue weighted by molar-refractivity contribution is 0.144. The molecule has 1 aromatic rings. The van der Waals surface area contributed by atoms with Crippen molar-refractivity contribution in [2.75, 3.05) is 23.8 Å². The molecule has 1 aliphatic carbocycles. The highest BCUT2D eigenvalue weighted by Crippen LogP contribution is 2.34. The molecule has 1 aromatic heterocycles. The van der Waals surface area contributed by atoms with Crippen molar-refractivity contribution in [1.29, 1.82) is 0 Å². The number of hydrogen-bond donors (Lipinski definition) is 3. The summed E-state index contributed by atoms with van der Waals surface area (Å²) >= 11 is 0. The van der Waals surface area contributed by atoms with Gasteiger partial charge in [-0.05, 0) is 32.6 Å². The molecule has 2 rings (SSSR count). The van der Waals surface area contributed by atoms with Crippen LogP contribution in [0.15, 0.2) is 6.07 Å². The third kappa shape index (κ3) is 2.90. The molecule has 5 nitrogen and oxygen atoms in total. The molecule has 0 bridgehead atoms. The van der Waals surface area contributed by atoms with Gasteiger partial charge in [0.1, 0.15) is 17.5 Å². The third-order valence-corrected chi connectivity index (χ3v) is 3.40. The van der Waals surface area contributed by atoms with Crippen molar-refractivity contribution in [2.45, 2.75) is 45.1 Å². The monoisotopic (exact) mass is 250 g/mol. The highest BCUT2D eigenvalue weighted by molar-refractivity contribution is 5.49. The quantitative estimate of drug-likeness (QED) is 0.719. The molecule has 18 heavy (non-hydrogen) atoms. The van der Waals surface area contributed by atoms with E-state index in [0.29, 0.717) is 0 Å². The van der Waals surface area contributed by atoms with E-state index < -0.39 is 0 Å². The number of nitrogens with one attached hydrogen (secondary N) is 2. The Bertz CT molecular complexity index is 398. The van der Waals surface area contributed by atoms with Crippen LogP contribution in [0.5, 0.6) is 0 Å². The van der Waals surface area contributed by atoms with Gasteiger partial charge in [-0.2, -0.15) is 0 Å². The van der Waals surface area contributed by atoms with Gasteiger partial charge in [-0.25, -0.2) is 9.97 Å². The second-order valence-corrected chi connectivity index (χ2v) is 5.03. The average molecular weight is 250 g/mol. The molecule has 0 amide bonds. The van der Waals surface area contributed by atoms with Crippen molar-refractivity contribution in [1.82, 2.24) is 9.97 Å². The van der Waals surface area contributed by atoms with Crippen LogP contribution in [-0.2, 0) is 0 Å². The van der Waals surface area contributed by atoms with E-state index in [2.05, 4.69) is 27.5 Å². The zero-order chi connectivity index (χ0) is 13.0. The fraction of sp³-hybridized carbons (Fsp3) is 0.692. The van der Waals surface area contributed by atoms with Crippen LogP contribution in [0.2, 0.25) is 0 Å². The zero-order valence-corrected chi connectivity index (χ0v) is 11.2. The highest BCUT2D eigenvalue weighted by Gasteiger charge is 2.36. The number of rotatable bonds is 6. The summed E-state index contributed by atoms with van der Waals surface area (Å²) in [5.74, 6) is 2.39. The lowest BCUT2D eigenvalue weighted by Crippen LogP contribution is -2.48. The molecule has 1 fully saturated rings. The molecule has 1 aliphatic rings. The van der Waals surface area contributed by atoms with Gasteiger partial charge >= 0.3 is 0 Å². The summed E-state index contributed by atoms with van der Waals surface area (Å²) in [6.07, 6.45) is 4.24. The number of aliphatic hydroxyl groups excluding tert-OH is 1. The van der Waals surface area contributed by atoms with Gasteiger partial charge in [0.15, 0.2) is 0 Å². The molecule has 1 saturated carbocycles. The maximum absolute atomic E-state index is 9.46. The SMILES string of the molecule is CCCNc1cc(NC2(CO)CCC2)nc(C)n1. The third-order valence-electron chi connectivity index (χ3n) is 3.40. The molecule has 0 aromatic carbocycles. The molecule has 100 valence electrons. The van der Waals surface area contributed by atoms with Gasteiger partial charge in [0, 0.05) is 12.6 Å². The zero-order valence-electron chi connectivity index (χ0n) is 11.2. The summed E-state index contributed by atoms with van der Waals surface area (Å²) in [7, 11) is 0. The van der Waals surface area contributed by atoms with Gasteiger partial charge < -0.3 is 15.7 Å². The molecule has 0 spiro atoms. The molecule has 1 heterocycles. The minimum Gasteiger partial charge on any atom is -0.394 e. The van der Waals surface area contributed by atoms with Gasteiger partial charge in [0.05, 0.1) is 12.1 Å². The predicted molar refractivity (Wildman–Crippen MR) is 72.8 cm³/mol. The summed E-state index contributed by atoms with van der Waals surface area (Å²) < 4.78 is 0. The van der Waals surface area contributed by atoms with E-state index in [1.807, 2.05) is 13.0 Å². The van der Waals surface area contributed by atoms with Crippen molar-refractivity contribution >= 4 is 11.6 Å². The number of aromatic nitrogens is 2. The molecular formula is C13H22N4O. The lowest BCUT2D eigenvalue weighted by atomic mass is 9.77. The molecule has 0 radical (unpaired) electrons. The normalized spacial score (nSPS) is 17.1. The van der Waals surface area contributed by atoms with E-state index in [0.717, 1.165) is 43.3 Å². The number of anilines is 2. The first-order valence-electron chi connectivity index (χ1n) is 6.66. The standard InChI is InChI=1S/C13H22N4O/c1-3-7-14-11-8-12(16-10(2)15-11)17-13(9-18)5-4-6-13/h8,18H,3-7,9H2,1-2H3,(H2,14,15,16,17). The predicted octanol–water partition coefficient (Wildman–Crippen LogP) is 1.93. The molecule has 0 atom stereocenters. The fourth-order valence-electron chi connectivity index (χ4n) is 2.17. The van der Waals surface area contributed by atoms with Crippen LogP contribution in [0.4, 0.5) is 11.6 Å². The van der Waals surface area contributed by atoms with Crippen LogP contribution in [0.1, 0.15) is 38.4 Å². The van der Waals surface area contributed by atoms with Crippen molar-refractivity contribution in [2.24, 2.45) is 0 Å². The smallest absolute Gasteiger partial charge is 0.132 e. The Hall–Kier alpha value is -1.36. The second kappa shape index (κ2) is 5.52. The van der Waals surface area contributed by atoms with E-state index >= 15 is 0 Å². The Morgan fingerprint density at radius 2 is 2.06 bits per heavy atom. The first kappa shape index (κ1) is 13.1. The number of hydrogen-bond acceptors (Lipinski definition) is 5. The summed E-state index contributed by atoms with van der Waals surface area (Å²) in [6, 6.07) is 1.92. The minimum absolute atomic E-state index is 0.160. The Morgan fingerprint density at radius 1 is 1.33 bits per heavy atom. The Labute approximate surface area is 108 Å². The van der Waals surface area contributed by atoms with Crippen LogP contribution in [0, 0.1) is 6.92 Å². The highest BCUT2D eigenvalue weighted by atomic mass is 16.3. The first-order chi connectivity index (χ1) is 8.67. The first-order valence-corrected chi connectivity index (χ1v) is 6.66. The average Bonchev–Trinajstić information content (AvgIpc) is 2.30. The van der Waals surface area contributed by atoms with Crippen LogP contribution >= 0.6 is 0 Å². The van der Waals surface area contributed by atoms with Crippen LogP contribution in [0.3, 0.4) is 0 Å². The number of nitrogens with zero attached hydrogens (tertiary/aromatic N) is 2. The second-order valence-electron chi connectivity index (χ2n) is 5.03. The lowest BCUT2D eigenvalue weighted by Gasteiger charge is -2.41. The van der Waals surface area contributed by atoms with Gasteiger partial charge in [0.2, 0.25) is 0 Å². The van der Waals surface area contributed by atoms with Gasteiger partial charge in [-0.15, -0.1) is 0 Å². The van der Waals surface area contributed by atoms with Crippen molar-refractivity contribution in [3.63, 3.8) is 0 Å². The molecule has 5 heteroatoms. The van der Waals surface area contributed by atoms with Crippen molar-refractivity contribution in [3.05, 3.63) is 11.9 Å². The Kier molecular flexibility index (Phi) is 4.01. The van der Waals surface area contributed by atoms with E-state index in [9.17, 15) is 5.11 Å². The molecule has 3 N–H and O–H groups in total. The maximum Gasteiger partial charge on any atom is 0.132 e. The van der Waals surface area contributed by atoms with E-state index in [1.54, 1.807) is 0 Å². The summed E-state index contributed by atoms with van der Waals surface area (Å²) in [6.45, 7) is 5.07. The molecule has 0 saturated heterocycles. The van der Waals surface area contributed by atoms with E-state index in [-0.39, 0.29) is 12.1 Å². The Balaban J connectivity index is 2.09. The van der Waals surface area contributed by atoms with Crippen LogP contribution in [0.25, 0.3) is 0 Å². The van der Waals surface area contributed by atoms with E-state index in [4.69, 9.17) is 0 Å². The number of aryl methyl sites for hydroxylation is 1. The van der Waals surface area contributed by atoms with Crippen LogP contribution in [-0.4, -0.2) is 33.8 Å². The van der Waals surface area contributed by atoms with E-state index in [1.165, 1.54) is 6.42 Å². The number of aliphatic hydroxyl groups is 1. The topological polar surface area (TPSA) is 70.1 Å². The summed E-state index contributed by atoms with van der Waals surface area (Å²) in [4.78, 5) is 8.73. The maximum atomic E-state index is 9.46. The van der Waals surface area contributed by atoms with Gasteiger partial charge in [-0.1, -0.05) is 6.92 Å². The van der Waals surface area contributed by atoms with Crippen LogP contribution < -0.4 is 10.6 Å². The van der Waals surface area contributed by atoms with Gasteiger partial charge in [-0.3, -0.25) is 0 Å². The minimum atomic E-state index is -0.164. The molecule has 0 unspecified atom stereocenters. The molecule has 0 aliphatic heterocycles. The van der Waals surface area contributed by atoms with Crippen molar-refractivity contribution < 1.29 is 5.11 Å². The summed E-state index contributed by atoms with van der Waals surface area (Å²) in [5, 5.41) is 16.1. The Morgan fingerprint density at radius 3 is 2.61 bits per heavy atom. The summed E-state index contributed by atoms with van der Waals surface area (Å²) in [5.41, 5.74) is -0.164. The largest absolute Gasteiger partial charge is 0.394 e. The fourth-order valence-corrected chi connectivity index (χ4v) is 2.17. The van der Waals surface area contributed by atoms with Gasteiger partial charge in [0.25, 0.3) is 0 Å². The molecular weight excluding hydrogens is 228 g/mol.